The lowest BCUT2D eigenvalue weighted by atomic mass is 10.0. The molecular formula is C15H20BrClN2. The summed E-state index contributed by atoms with van der Waals surface area (Å²) in [5, 5.41) is 4.48. The van der Waals surface area contributed by atoms with Crippen LogP contribution in [0.4, 0.5) is 0 Å². The van der Waals surface area contributed by atoms with Crippen LogP contribution in [0.15, 0.2) is 22.7 Å². The van der Waals surface area contributed by atoms with Crippen molar-refractivity contribution in [1.29, 1.82) is 0 Å². The predicted octanol–water partition coefficient (Wildman–Crippen LogP) is 3.67. The van der Waals surface area contributed by atoms with Gasteiger partial charge >= 0.3 is 0 Å². The number of halogens is 2. The summed E-state index contributed by atoms with van der Waals surface area (Å²) < 4.78 is 1.05. The Labute approximate surface area is 128 Å². The first-order valence-corrected chi connectivity index (χ1v) is 8.22. The van der Waals surface area contributed by atoms with Crippen LogP contribution in [0.2, 0.25) is 5.02 Å². The highest BCUT2D eigenvalue weighted by Crippen LogP contribution is 2.37. The Bertz CT molecular complexity index is 461. The van der Waals surface area contributed by atoms with Crippen molar-refractivity contribution >= 4 is 27.5 Å². The molecule has 4 heteroatoms. The molecule has 1 heterocycles. The van der Waals surface area contributed by atoms with E-state index in [0.717, 1.165) is 35.0 Å². The molecule has 0 aromatic heterocycles. The summed E-state index contributed by atoms with van der Waals surface area (Å²) in [4.78, 5) is 2.62. The van der Waals surface area contributed by atoms with Crippen molar-refractivity contribution in [2.75, 3.05) is 13.1 Å². The standard InChI is InChI=1S/C15H20BrClN2/c1-10-8-19(15(7-18-10)11-2-3-11)9-12-4-5-13(16)6-14(12)17/h4-6,10-11,15,18H,2-3,7-9H2,1H3. The molecule has 1 saturated heterocycles. The third-order valence-corrected chi connectivity index (χ3v) is 5.05. The van der Waals surface area contributed by atoms with Gasteiger partial charge in [-0.25, -0.2) is 0 Å². The molecule has 3 rings (SSSR count). The lowest BCUT2D eigenvalue weighted by Crippen LogP contribution is -2.55. The molecule has 2 fully saturated rings. The first kappa shape index (κ1) is 13.9. The van der Waals surface area contributed by atoms with Crippen molar-refractivity contribution in [2.45, 2.75) is 38.4 Å². The van der Waals surface area contributed by atoms with Crippen LogP contribution in [0.3, 0.4) is 0 Å². The summed E-state index contributed by atoms with van der Waals surface area (Å²) in [5.74, 6) is 0.897. The molecule has 0 radical (unpaired) electrons. The average Bonchev–Trinajstić information content (AvgIpc) is 3.17. The quantitative estimate of drug-likeness (QED) is 0.901. The van der Waals surface area contributed by atoms with Gasteiger partial charge in [0, 0.05) is 41.2 Å². The van der Waals surface area contributed by atoms with Gasteiger partial charge in [-0.15, -0.1) is 0 Å². The van der Waals surface area contributed by atoms with Gasteiger partial charge < -0.3 is 5.32 Å². The first-order chi connectivity index (χ1) is 9.13. The predicted molar refractivity (Wildman–Crippen MR) is 83.5 cm³/mol. The third kappa shape index (κ3) is 3.33. The van der Waals surface area contributed by atoms with Crippen molar-refractivity contribution in [1.82, 2.24) is 10.2 Å². The molecule has 1 aliphatic heterocycles. The van der Waals surface area contributed by atoms with Gasteiger partial charge in [-0.1, -0.05) is 33.6 Å². The minimum Gasteiger partial charge on any atom is -0.311 e. The second-order valence-corrected chi connectivity index (χ2v) is 7.20. The third-order valence-electron chi connectivity index (χ3n) is 4.21. The number of benzene rings is 1. The van der Waals surface area contributed by atoms with Crippen molar-refractivity contribution in [2.24, 2.45) is 5.92 Å². The minimum absolute atomic E-state index is 0.573. The van der Waals surface area contributed by atoms with E-state index in [1.807, 2.05) is 6.07 Å². The maximum atomic E-state index is 6.36. The lowest BCUT2D eigenvalue weighted by Gasteiger charge is -2.40. The Morgan fingerprint density at radius 3 is 2.89 bits per heavy atom. The fourth-order valence-corrected chi connectivity index (χ4v) is 3.73. The molecule has 2 atom stereocenters. The van der Waals surface area contributed by atoms with Gasteiger partial charge in [0.25, 0.3) is 0 Å². The highest BCUT2D eigenvalue weighted by molar-refractivity contribution is 9.10. The van der Waals surface area contributed by atoms with Gasteiger partial charge in [0.15, 0.2) is 0 Å². The second kappa shape index (κ2) is 5.72. The molecule has 1 aromatic carbocycles. The van der Waals surface area contributed by atoms with E-state index < -0.39 is 0 Å². The number of hydrogen-bond donors (Lipinski definition) is 1. The zero-order valence-electron chi connectivity index (χ0n) is 11.2. The Hall–Kier alpha value is -0.0900. The largest absolute Gasteiger partial charge is 0.311 e. The molecule has 2 nitrogen and oxygen atoms in total. The molecule has 1 aliphatic carbocycles. The number of nitrogens with zero attached hydrogens (tertiary/aromatic N) is 1. The molecular weight excluding hydrogens is 324 g/mol. The van der Waals surface area contributed by atoms with E-state index in [0.29, 0.717) is 12.1 Å². The van der Waals surface area contributed by atoms with Crippen molar-refractivity contribution in [3.05, 3.63) is 33.3 Å². The molecule has 2 aliphatic rings. The van der Waals surface area contributed by atoms with Crippen LogP contribution in [0.5, 0.6) is 0 Å². The van der Waals surface area contributed by atoms with Gasteiger partial charge in [-0.2, -0.15) is 0 Å². The van der Waals surface area contributed by atoms with Crippen LogP contribution in [0.1, 0.15) is 25.3 Å². The average molecular weight is 344 g/mol. The lowest BCUT2D eigenvalue weighted by molar-refractivity contribution is 0.112. The first-order valence-electron chi connectivity index (χ1n) is 7.05. The highest BCUT2D eigenvalue weighted by Gasteiger charge is 2.37. The molecule has 0 spiro atoms. The molecule has 1 aromatic rings. The van der Waals surface area contributed by atoms with Gasteiger partial charge in [0.05, 0.1) is 0 Å². The van der Waals surface area contributed by atoms with Gasteiger partial charge in [-0.05, 0) is 43.4 Å². The number of nitrogens with one attached hydrogen (secondary N) is 1. The summed E-state index contributed by atoms with van der Waals surface area (Å²) >= 11 is 9.82. The van der Waals surface area contributed by atoms with E-state index in [9.17, 15) is 0 Å². The van der Waals surface area contributed by atoms with E-state index >= 15 is 0 Å². The second-order valence-electron chi connectivity index (χ2n) is 5.88. The SMILES string of the molecule is CC1CN(Cc2ccc(Br)cc2Cl)C(C2CC2)CN1. The molecule has 1 saturated carbocycles. The fourth-order valence-electron chi connectivity index (χ4n) is 3.00. The van der Waals surface area contributed by atoms with Crippen LogP contribution >= 0.6 is 27.5 Å². The monoisotopic (exact) mass is 342 g/mol. The van der Waals surface area contributed by atoms with E-state index in [-0.39, 0.29) is 0 Å². The summed E-state index contributed by atoms with van der Waals surface area (Å²) in [5.41, 5.74) is 1.24. The Kier molecular flexibility index (Phi) is 4.18. The van der Waals surface area contributed by atoms with Crippen molar-refractivity contribution in [3.8, 4) is 0 Å². The van der Waals surface area contributed by atoms with Crippen LogP contribution in [-0.4, -0.2) is 30.1 Å². The Morgan fingerprint density at radius 2 is 2.21 bits per heavy atom. The van der Waals surface area contributed by atoms with Crippen LogP contribution in [-0.2, 0) is 6.54 Å². The summed E-state index contributed by atoms with van der Waals surface area (Å²) in [6.45, 7) is 5.48. The minimum atomic E-state index is 0.573. The zero-order chi connectivity index (χ0) is 13.4. The molecule has 104 valence electrons. The van der Waals surface area contributed by atoms with Crippen LogP contribution < -0.4 is 5.32 Å². The van der Waals surface area contributed by atoms with E-state index in [4.69, 9.17) is 11.6 Å². The molecule has 0 amide bonds. The van der Waals surface area contributed by atoms with Crippen LogP contribution in [0, 0.1) is 5.92 Å². The zero-order valence-corrected chi connectivity index (χ0v) is 13.5. The van der Waals surface area contributed by atoms with Gasteiger partial charge in [0.2, 0.25) is 0 Å². The van der Waals surface area contributed by atoms with Crippen molar-refractivity contribution in [3.63, 3.8) is 0 Å². The fraction of sp³-hybridized carbons (Fsp3) is 0.600. The maximum absolute atomic E-state index is 6.36. The maximum Gasteiger partial charge on any atom is 0.0462 e. The molecule has 1 N–H and O–H groups in total. The van der Waals surface area contributed by atoms with Gasteiger partial charge in [0.1, 0.15) is 0 Å². The normalized spacial score (nSPS) is 28.6. The summed E-state index contributed by atoms with van der Waals surface area (Å²) in [7, 11) is 0. The van der Waals surface area contributed by atoms with E-state index in [2.05, 4.69) is 45.2 Å². The number of hydrogen-bond acceptors (Lipinski definition) is 2. The smallest absolute Gasteiger partial charge is 0.0462 e. The molecule has 2 unspecified atom stereocenters. The number of rotatable bonds is 3. The van der Waals surface area contributed by atoms with Crippen LogP contribution in [0.25, 0.3) is 0 Å². The highest BCUT2D eigenvalue weighted by atomic mass is 79.9. The van der Waals surface area contributed by atoms with Gasteiger partial charge in [-0.3, -0.25) is 4.90 Å². The number of piperazine rings is 1. The topological polar surface area (TPSA) is 15.3 Å². The Balaban J connectivity index is 1.75. The summed E-state index contributed by atoms with van der Waals surface area (Å²) in [6.07, 6.45) is 2.79. The van der Waals surface area contributed by atoms with E-state index in [1.54, 1.807) is 0 Å². The van der Waals surface area contributed by atoms with E-state index in [1.165, 1.54) is 18.4 Å². The Morgan fingerprint density at radius 1 is 1.42 bits per heavy atom. The van der Waals surface area contributed by atoms with Crippen molar-refractivity contribution < 1.29 is 0 Å². The molecule has 19 heavy (non-hydrogen) atoms. The summed E-state index contributed by atoms with van der Waals surface area (Å²) in [6, 6.07) is 7.48. The molecule has 0 bridgehead atoms.